The first-order valence-electron chi connectivity index (χ1n) is 6.18. The van der Waals surface area contributed by atoms with E-state index in [-0.39, 0.29) is 5.82 Å². The summed E-state index contributed by atoms with van der Waals surface area (Å²) in [6, 6.07) is 4.59. The molecule has 2 aromatic rings. The fraction of sp³-hybridized carbons (Fsp3) is 0.267. The highest BCUT2D eigenvalue weighted by atomic mass is 79.9. The number of ether oxygens (including phenoxy) is 2. The maximum absolute atomic E-state index is 13.3. The molecule has 0 N–H and O–H groups in total. The Morgan fingerprint density at radius 2 is 1.90 bits per heavy atom. The molecule has 0 fully saturated rings. The van der Waals surface area contributed by atoms with E-state index in [1.807, 2.05) is 13.8 Å². The topological polar surface area (TPSA) is 35.5 Å². The Morgan fingerprint density at radius 1 is 1.29 bits per heavy atom. The highest BCUT2D eigenvalue weighted by Crippen LogP contribution is 2.35. The molecule has 0 unspecified atom stereocenters. The zero-order chi connectivity index (χ0) is 15.6. The third-order valence-corrected chi connectivity index (χ3v) is 4.84. The molecule has 0 bridgehead atoms. The Morgan fingerprint density at radius 3 is 2.48 bits per heavy atom. The molecule has 0 spiro atoms. The average Bonchev–Trinajstić information content (AvgIpc) is 2.78. The third kappa shape index (κ3) is 3.63. The Balaban J connectivity index is 2.17. The van der Waals surface area contributed by atoms with E-state index in [4.69, 9.17) is 4.74 Å². The number of benzene rings is 1. The molecule has 21 heavy (non-hydrogen) atoms. The van der Waals surface area contributed by atoms with E-state index in [1.54, 1.807) is 6.07 Å². The highest BCUT2D eigenvalue weighted by molar-refractivity contribution is 9.11. The van der Waals surface area contributed by atoms with E-state index in [1.165, 1.54) is 30.6 Å². The lowest BCUT2D eigenvalue weighted by Crippen LogP contribution is -2.01. The van der Waals surface area contributed by atoms with Crippen molar-refractivity contribution in [3.63, 3.8) is 0 Å². The van der Waals surface area contributed by atoms with Crippen molar-refractivity contribution in [2.75, 3.05) is 7.11 Å². The molecular weight excluding hydrogens is 359 g/mol. The van der Waals surface area contributed by atoms with Crippen LogP contribution in [-0.2, 0) is 11.3 Å². The van der Waals surface area contributed by atoms with Gasteiger partial charge in [0.1, 0.15) is 26.8 Å². The Kier molecular flexibility index (Phi) is 5.00. The first kappa shape index (κ1) is 16.0. The van der Waals surface area contributed by atoms with Crippen LogP contribution < -0.4 is 4.74 Å². The maximum atomic E-state index is 13.3. The molecule has 1 aromatic heterocycles. The van der Waals surface area contributed by atoms with Crippen LogP contribution in [0.4, 0.5) is 4.39 Å². The number of thiophene rings is 1. The molecule has 0 amide bonds. The van der Waals surface area contributed by atoms with E-state index in [0.717, 1.165) is 20.5 Å². The SMILES string of the molecule is COC(=O)c1cc(OCc2c(C)cc(F)cc2C)c(Br)s1. The first-order chi connectivity index (χ1) is 9.92. The van der Waals surface area contributed by atoms with Crippen LogP contribution in [0, 0.1) is 19.7 Å². The quantitative estimate of drug-likeness (QED) is 0.733. The fourth-order valence-corrected chi connectivity index (χ4v) is 3.47. The van der Waals surface area contributed by atoms with Crippen molar-refractivity contribution in [3.8, 4) is 5.75 Å². The molecule has 1 heterocycles. The molecule has 0 radical (unpaired) electrons. The minimum Gasteiger partial charge on any atom is -0.487 e. The van der Waals surface area contributed by atoms with Crippen molar-refractivity contribution in [1.82, 2.24) is 0 Å². The molecule has 0 saturated heterocycles. The van der Waals surface area contributed by atoms with Crippen LogP contribution in [-0.4, -0.2) is 13.1 Å². The molecule has 3 nitrogen and oxygen atoms in total. The highest BCUT2D eigenvalue weighted by Gasteiger charge is 2.15. The van der Waals surface area contributed by atoms with Crippen molar-refractivity contribution in [2.24, 2.45) is 0 Å². The standard InChI is InChI=1S/C15H14BrFO3S/c1-8-4-10(17)5-9(2)11(8)7-20-12-6-13(15(18)19-3)21-14(12)16/h4-6H,7H2,1-3H3. The molecule has 0 aliphatic heterocycles. The monoisotopic (exact) mass is 372 g/mol. The van der Waals surface area contributed by atoms with Gasteiger partial charge in [0.05, 0.1) is 7.11 Å². The molecule has 0 aliphatic carbocycles. The van der Waals surface area contributed by atoms with Crippen molar-refractivity contribution in [1.29, 1.82) is 0 Å². The van der Waals surface area contributed by atoms with Crippen LogP contribution in [0.15, 0.2) is 22.0 Å². The van der Waals surface area contributed by atoms with Gasteiger partial charge in [-0.3, -0.25) is 0 Å². The number of hydrogen-bond donors (Lipinski definition) is 0. The lowest BCUT2D eigenvalue weighted by atomic mass is 10.0. The lowest BCUT2D eigenvalue weighted by molar-refractivity contribution is 0.0606. The normalized spacial score (nSPS) is 10.5. The first-order valence-corrected chi connectivity index (χ1v) is 7.79. The Labute approximate surface area is 134 Å². The number of methoxy groups -OCH3 is 1. The molecule has 2 rings (SSSR count). The van der Waals surface area contributed by atoms with Crippen molar-refractivity contribution in [2.45, 2.75) is 20.5 Å². The largest absolute Gasteiger partial charge is 0.487 e. The van der Waals surface area contributed by atoms with Crippen LogP contribution in [0.2, 0.25) is 0 Å². The molecule has 6 heteroatoms. The third-order valence-electron chi connectivity index (χ3n) is 3.07. The van der Waals surface area contributed by atoms with Gasteiger partial charge < -0.3 is 9.47 Å². The van der Waals surface area contributed by atoms with E-state index in [2.05, 4.69) is 20.7 Å². The number of hydrogen-bond acceptors (Lipinski definition) is 4. The fourth-order valence-electron chi connectivity index (χ4n) is 1.97. The average molecular weight is 373 g/mol. The van der Waals surface area contributed by atoms with Crippen LogP contribution in [0.25, 0.3) is 0 Å². The van der Waals surface area contributed by atoms with Gasteiger partial charge in [0.25, 0.3) is 0 Å². The van der Waals surface area contributed by atoms with Crippen LogP contribution >= 0.6 is 27.3 Å². The smallest absolute Gasteiger partial charge is 0.348 e. The summed E-state index contributed by atoms with van der Waals surface area (Å²) in [5, 5.41) is 0. The van der Waals surface area contributed by atoms with E-state index >= 15 is 0 Å². The van der Waals surface area contributed by atoms with Gasteiger partial charge in [0.15, 0.2) is 0 Å². The lowest BCUT2D eigenvalue weighted by Gasteiger charge is -2.11. The predicted molar refractivity (Wildman–Crippen MR) is 83.6 cm³/mol. The predicted octanol–water partition coefficient (Wildman–Crippen LogP) is 4.63. The second-order valence-corrected chi connectivity index (χ2v) is 6.92. The van der Waals surface area contributed by atoms with Gasteiger partial charge in [-0.25, -0.2) is 9.18 Å². The number of esters is 1. The summed E-state index contributed by atoms with van der Waals surface area (Å²) in [6.07, 6.45) is 0. The maximum Gasteiger partial charge on any atom is 0.348 e. The van der Waals surface area contributed by atoms with Crippen molar-refractivity contribution in [3.05, 3.63) is 49.4 Å². The summed E-state index contributed by atoms with van der Waals surface area (Å²) in [5.74, 6) is -0.0772. The number of aryl methyl sites for hydroxylation is 2. The zero-order valence-corrected chi connectivity index (χ0v) is 14.2. The molecule has 0 atom stereocenters. The molecule has 0 saturated carbocycles. The second-order valence-electron chi connectivity index (χ2n) is 4.55. The number of carbonyl (C=O) groups excluding carboxylic acids is 1. The van der Waals surface area contributed by atoms with Crippen LogP contribution in [0.5, 0.6) is 5.75 Å². The Hall–Kier alpha value is -1.40. The van der Waals surface area contributed by atoms with Crippen LogP contribution in [0.3, 0.4) is 0 Å². The summed E-state index contributed by atoms with van der Waals surface area (Å²) in [5.41, 5.74) is 2.62. The van der Waals surface area contributed by atoms with Crippen molar-refractivity contribution < 1.29 is 18.7 Å². The summed E-state index contributed by atoms with van der Waals surface area (Å²) < 4.78 is 24.4. The summed E-state index contributed by atoms with van der Waals surface area (Å²) >= 11 is 4.61. The summed E-state index contributed by atoms with van der Waals surface area (Å²) in [7, 11) is 1.34. The van der Waals surface area contributed by atoms with E-state index in [9.17, 15) is 9.18 Å². The van der Waals surface area contributed by atoms with Gasteiger partial charge in [-0.05, 0) is 58.6 Å². The second kappa shape index (κ2) is 6.58. The van der Waals surface area contributed by atoms with Gasteiger partial charge in [0.2, 0.25) is 0 Å². The van der Waals surface area contributed by atoms with Gasteiger partial charge >= 0.3 is 5.97 Å². The molecule has 0 aliphatic rings. The summed E-state index contributed by atoms with van der Waals surface area (Å²) in [4.78, 5) is 11.9. The minimum absolute atomic E-state index is 0.251. The van der Waals surface area contributed by atoms with Crippen molar-refractivity contribution >= 4 is 33.2 Å². The van der Waals surface area contributed by atoms with Gasteiger partial charge in [0, 0.05) is 6.07 Å². The molecule has 1 aromatic carbocycles. The summed E-state index contributed by atoms with van der Waals surface area (Å²) in [6.45, 7) is 4.00. The zero-order valence-electron chi connectivity index (χ0n) is 11.8. The minimum atomic E-state index is -0.398. The van der Waals surface area contributed by atoms with Gasteiger partial charge in [-0.15, -0.1) is 11.3 Å². The van der Waals surface area contributed by atoms with Crippen LogP contribution in [0.1, 0.15) is 26.4 Å². The Bertz CT molecular complexity index is 659. The van der Waals surface area contributed by atoms with E-state index in [0.29, 0.717) is 17.2 Å². The van der Waals surface area contributed by atoms with E-state index < -0.39 is 5.97 Å². The molecular formula is C15H14BrFO3S. The van der Waals surface area contributed by atoms with Gasteiger partial charge in [-0.1, -0.05) is 0 Å². The number of rotatable bonds is 4. The van der Waals surface area contributed by atoms with Gasteiger partial charge in [-0.2, -0.15) is 0 Å². The number of halogens is 2. The molecule has 112 valence electrons. The number of carbonyl (C=O) groups is 1.